The smallest absolute Gasteiger partial charge is 0.153 e. The van der Waals surface area contributed by atoms with Crippen molar-refractivity contribution in [2.24, 2.45) is 5.92 Å². The van der Waals surface area contributed by atoms with Gasteiger partial charge in [0.1, 0.15) is 0 Å². The van der Waals surface area contributed by atoms with Gasteiger partial charge in [-0.1, -0.05) is 23.7 Å². The fourth-order valence-corrected chi connectivity index (χ4v) is 2.61. The van der Waals surface area contributed by atoms with Gasteiger partial charge in [0.05, 0.1) is 4.75 Å². The highest BCUT2D eigenvalue weighted by Crippen LogP contribution is 2.41. The number of hydrogen-bond donors (Lipinski definition) is 1. The molecule has 1 fully saturated rings. The third-order valence-electron chi connectivity index (χ3n) is 4.07. The second-order valence-corrected chi connectivity index (χ2v) is 9.37. The van der Waals surface area contributed by atoms with E-state index in [2.05, 4.69) is 5.32 Å². The molecule has 0 saturated heterocycles. The van der Waals surface area contributed by atoms with Crippen molar-refractivity contribution in [1.29, 1.82) is 0 Å². The van der Waals surface area contributed by atoms with E-state index in [1.807, 2.05) is 24.3 Å². The van der Waals surface area contributed by atoms with Crippen LogP contribution in [0.5, 0.6) is 0 Å². The highest BCUT2D eigenvalue weighted by Gasteiger charge is 2.36. The molecule has 0 heterocycles. The van der Waals surface area contributed by atoms with Crippen LogP contribution < -0.4 is 5.32 Å². The predicted molar refractivity (Wildman–Crippen MR) is 83.8 cm³/mol. The van der Waals surface area contributed by atoms with Crippen LogP contribution >= 0.6 is 11.6 Å². The van der Waals surface area contributed by atoms with Gasteiger partial charge >= 0.3 is 0 Å². The zero-order valence-electron chi connectivity index (χ0n) is 12.2. The van der Waals surface area contributed by atoms with E-state index in [1.165, 1.54) is 24.7 Å². The standard InChI is InChI=1S/C15H22ClNO2S/c1-15(2,20(3,18)19)10-17-14(11-4-5-11)12-6-8-13(16)9-7-12/h6-9,11,14,17H,4-5,10H2,1-3H3. The van der Waals surface area contributed by atoms with Gasteiger partial charge in [-0.15, -0.1) is 0 Å². The Hall–Kier alpha value is -0.580. The molecule has 1 atom stereocenters. The second kappa shape index (κ2) is 5.66. The average molecular weight is 316 g/mol. The zero-order valence-corrected chi connectivity index (χ0v) is 13.8. The van der Waals surface area contributed by atoms with Gasteiger partial charge in [-0.2, -0.15) is 0 Å². The highest BCUT2D eigenvalue weighted by atomic mass is 35.5. The first-order valence-corrected chi connectivity index (χ1v) is 9.16. The molecule has 0 radical (unpaired) electrons. The maximum Gasteiger partial charge on any atom is 0.153 e. The minimum absolute atomic E-state index is 0.216. The molecular weight excluding hydrogens is 294 g/mol. The molecule has 5 heteroatoms. The quantitative estimate of drug-likeness (QED) is 0.877. The van der Waals surface area contributed by atoms with Crippen molar-refractivity contribution in [3.63, 3.8) is 0 Å². The summed E-state index contributed by atoms with van der Waals surface area (Å²) in [6, 6.07) is 8.02. The van der Waals surface area contributed by atoms with E-state index in [9.17, 15) is 8.42 Å². The van der Waals surface area contributed by atoms with Crippen LogP contribution in [0.3, 0.4) is 0 Å². The molecule has 3 nitrogen and oxygen atoms in total. The summed E-state index contributed by atoms with van der Waals surface area (Å²) in [5.41, 5.74) is 1.18. The van der Waals surface area contributed by atoms with Crippen molar-refractivity contribution in [2.75, 3.05) is 12.8 Å². The first-order valence-electron chi connectivity index (χ1n) is 6.89. The van der Waals surface area contributed by atoms with E-state index < -0.39 is 14.6 Å². The van der Waals surface area contributed by atoms with Crippen molar-refractivity contribution >= 4 is 21.4 Å². The van der Waals surface area contributed by atoms with Crippen LogP contribution in [0.2, 0.25) is 5.02 Å². The second-order valence-electron chi connectivity index (χ2n) is 6.28. The Morgan fingerprint density at radius 3 is 2.30 bits per heavy atom. The first kappa shape index (κ1) is 15.8. The lowest BCUT2D eigenvalue weighted by molar-refractivity contribution is 0.441. The van der Waals surface area contributed by atoms with Crippen molar-refractivity contribution in [3.8, 4) is 0 Å². The van der Waals surface area contributed by atoms with Crippen molar-refractivity contribution in [2.45, 2.75) is 37.5 Å². The molecule has 1 unspecified atom stereocenters. The Morgan fingerprint density at radius 1 is 1.30 bits per heavy atom. The van der Waals surface area contributed by atoms with E-state index in [1.54, 1.807) is 13.8 Å². The van der Waals surface area contributed by atoms with Crippen molar-refractivity contribution < 1.29 is 8.42 Å². The van der Waals surface area contributed by atoms with E-state index in [-0.39, 0.29) is 6.04 Å². The minimum atomic E-state index is -3.08. The predicted octanol–water partition coefficient (Wildman–Crippen LogP) is 3.20. The summed E-state index contributed by atoms with van der Waals surface area (Å²) >= 11 is 5.92. The molecule has 0 amide bonds. The number of hydrogen-bond acceptors (Lipinski definition) is 3. The van der Waals surface area contributed by atoms with Crippen LogP contribution in [-0.2, 0) is 9.84 Å². The topological polar surface area (TPSA) is 46.2 Å². The Balaban J connectivity index is 2.10. The van der Waals surface area contributed by atoms with Crippen LogP contribution in [0.25, 0.3) is 0 Å². The summed E-state index contributed by atoms with van der Waals surface area (Å²) in [5, 5.41) is 4.16. The summed E-state index contributed by atoms with van der Waals surface area (Å²) in [6.07, 6.45) is 3.68. The van der Waals surface area contributed by atoms with Gasteiger partial charge in [-0.25, -0.2) is 8.42 Å². The number of nitrogens with one attached hydrogen (secondary N) is 1. The van der Waals surface area contributed by atoms with E-state index in [0.29, 0.717) is 12.5 Å². The molecule has 1 aromatic carbocycles. The number of sulfone groups is 1. The molecule has 1 saturated carbocycles. The Kier molecular flexibility index (Phi) is 4.47. The summed E-state index contributed by atoms with van der Waals surface area (Å²) in [7, 11) is -3.08. The van der Waals surface area contributed by atoms with Crippen LogP contribution in [-0.4, -0.2) is 26.0 Å². The van der Waals surface area contributed by atoms with Gasteiger partial charge < -0.3 is 5.32 Å². The number of benzene rings is 1. The maximum atomic E-state index is 11.8. The van der Waals surface area contributed by atoms with Gasteiger partial charge in [-0.05, 0) is 50.3 Å². The molecule has 2 rings (SSSR count). The highest BCUT2D eigenvalue weighted by molar-refractivity contribution is 7.92. The molecule has 0 aromatic heterocycles. The fraction of sp³-hybridized carbons (Fsp3) is 0.600. The van der Waals surface area contributed by atoms with Gasteiger partial charge in [0, 0.05) is 23.9 Å². The van der Waals surface area contributed by atoms with Crippen molar-refractivity contribution in [3.05, 3.63) is 34.9 Å². The molecule has 0 bridgehead atoms. The molecule has 1 N–H and O–H groups in total. The lowest BCUT2D eigenvalue weighted by Gasteiger charge is -2.27. The van der Waals surface area contributed by atoms with Gasteiger partial charge in [0.2, 0.25) is 0 Å². The molecular formula is C15H22ClNO2S. The number of rotatable bonds is 6. The molecule has 20 heavy (non-hydrogen) atoms. The summed E-state index contributed by atoms with van der Waals surface area (Å²) in [5.74, 6) is 0.603. The van der Waals surface area contributed by atoms with Crippen LogP contribution in [0.1, 0.15) is 38.3 Å². The Labute approximate surface area is 126 Å². The SMILES string of the molecule is CC(C)(CNC(c1ccc(Cl)cc1)C1CC1)S(C)(=O)=O. The normalized spacial score (nSPS) is 18.0. The summed E-state index contributed by atoms with van der Waals surface area (Å²) in [6.45, 7) is 3.98. The van der Waals surface area contributed by atoms with Gasteiger partial charge in [-0.3, -0.25) is 0 Å². The third-order valence-corrected chi connectivity index (χ3v) is 6.48. The molecule has 1 aliphatic rings. The van der Waals surface area contributed by atoms with Gasteiger partial charge in [0.25, 0.3) is 0 Å². The molecule has 0 aliphatic heterocycles. The fourth-order valence-electron chi connectivity index (χ4n) is 2.14. The lowest BCUT2D eigenvalue weighted by atomic mass is 10.0. The summed E-state index contributed by atoms with van der Waals surface area (Å²) < 4.78 is 22.8. The Morgan fingerprint density at radius 2 is 1.85 bits per heavy atom. The monoisotopic (exact) mass is 315 g/mol. The van der Waals surface area contributed by atoms with Crippen LogP contribution in [0, 0.1) is 5.92 Å². The van der Waals surface area contributed by atoms with Crippen molar-refractivity contribution in [1.82, 2.24) is 5.32 Å². The summed E-state index contributed by atoms with van der Waals surface area (Å²) in [4.78, 5) is 0. The molecule has 1 aromatic rings. The molecule has 1 aliphatic carbocycles. The van der Waals surface area contributed by atoms with Gasteiger partial charge in [0.15, 0.2) is 9.84 Å². The maximum absolute atomic E-state index is 11.8. The van der Waals surface area contributed by atoms with E-state index in [4.69, 9.17) is 11.6 Å². The molecule has 0 spiro atoms. The largest absolute Gasteiger partial charge is 0.308 e. The van der Waals surface area contributed by atoms with Crippen LogP contribution in [0.4, 0.5) is 0 Å². The van der Waals surface area contributed by atoms with E-state index >= 15 is 0 Å². The molecule has 112 valence electrons. The lowest BCUT2D eigenvalue weighted by Crippen LogP contribution is -2.43. The average Bonchev–Trinajstić information content (AvgIpc) is 3.14. The zero-order chi connectivity index (χ0) is 15.0. The number of halogens is 1. The first-order chi connectivity index (χ1) is 9.21. The van der Waals surface area contributed by atoms with Crippen LogP contribution in [0.15, 0.2) is 24.3 Å². The Bertz CT molecular complexity index is 562. The minimum Gasteiger partial charge on any atom is -0.308 e. The third kappa shape index (κ3) is 3.74. The van der Waals surface area contributed by atoms with E-state index in [0.717, 1.165) is 5.02 Å².